The van der Waals surface area contributed by atoms with Gasteiger partial charge in [-0.05, 0) is 36.2 Å². The zero-order chi connectivity index (χ0) is 25.7. The number of carbonyl (C=O) groups excluding carboxylic acids is 3. The zero-order valence-electron chi connectivity index (χ0n) is 20.6. The summed E-state index contributed by atoms with van der Waals surface area (Å²) >= 11 is 0. The predicted octanol–water partition coefficient (Wildman–Crippen LogP) is 4.58. The van der Waals surface area contributed by atoms with Gasteiger partial charge in [0.2, 0.25) is 5.91 Å². The fourth-order valence-electron chi connectivity index (χ4n) is 5.34. The van der Waals surface area contributed by atoms with E-state index < -0.39 is 6.17 Å². The molecule has 3 aromatic carbocycles. The third-order valence-electron chi connectivity index (χ3n) is 7.43. The Labute approximate surface area is 214 Å². The number of H-pyrrole nitrogens is 1. The summed E-state index contributed by atoms with van der Waals surface area (Å²) in [4.78, 5) is 51.7. The number of nitrogens with one attached hydrogen (secondary N) is 2. The van der Waals surface area contributed by atoms with Crippen LogP contribution in [0.15, 0.2) is 72.8 Å². The monoisotopic (exact) mass is 493 g/mol. The van der Waals surface area contributed by atoms with E-state index in [1.807, 2.05) is 48.5 Å². The van der Waals surface area contributed by atoms with Gasteiger partial charge in [-0.3, -0.25) is 19.3 Å². The van der Waals surface area contributed by atoms with Gasteiger partial charge in [0.05, 0.1) is 28.3 Å². The Balaban J connectivity index is 1.33. The number of hydrogen-bond donors (Lipinski definition) is 2. The van der Waals surface area contributed by atoms with Gasteiger partial charge in [-0.15, -0.1) is 0 Å². The Morgan fingerprint density at radius 3 is 2.46 bits per heavy atom. The molecule has 0 saturated carbocycles. The van der Waals surface area contributed by atoms with E-state index in [4.69, 9.17) is 4.98 Å². The van der Waals surface area contributed by atoms with E-state index in [2.05, 4.69) is 24.1 Å². The van der Waals surface area contributed by atoms with Crippen molar-refractivity contribution in [3.63, 3.8) is 0 Å². The van der Waals surface area contributed by atoms with Crippen LogP contribution in [0.4, 0.5) is 5.69 Å². The van der Waals surface area contributed by atoms with E-state index in [9.17, 15) is 14.4 Å². The van der Waals surface area contributed by atoms with Crippen LogP contribution < -0.4 is 10.2 Å². The third kappa shape index (κ3) is 3.67. The summed E-state index contributed by atoms with van der Waals surface area (Å²) < 4.78 is 0. The first-order chi connectivity index (χ1) is 18.0. The molecule has 3 amide bonds. The van der Waals surface area contributed by atoms with Crippen molar-refractivity contribution in [3.05, 3.63) is 95.3 Å². The number of para-hydroxylation sites is 3. The number of fused-ring (bicyclic) bond motifs is 6. The van der Waals surface area contributed by atoms with Crippen molar-refractivity contribution in [2.24, 2.45) is 5.92 Å². The fourth-order valence-corrected chi connectivity index (χ4v) is 5.34. The first-order valence-corrected chi connectivity index (χ1v) is 12.5. The fraction of sp³-hybridized carbons (Fsp3) is 0.241. The lowest BCUT2D eigenvalue weighted by atomic mass is 9.98. The van der Waals surface area contributed by atoms with Crippen molar-refractivity contribution in [2.75, 3.05) is 11.4 Å². The number of anilines is 1. The molecule has 0 spiro atoms. The Morgan fingerprint density at radius 2 is 1.68 bits per heavy atom. The summed E-state index contributed by atoms with van der Waals surface area (Å²) in [5.41, 5.74) is 3.97. The molecule has 2 N–H and O–H groups in total. The third-order valence-corrected chi connectivity index (χ3v) is 7.43. The summed E-state index contributed by atoms with van der Waals surface area (Å²) in [5.74, 6) is 0.0242. The van der Waals surface area contributed by atoms with Crippen LogP contribution in [-0.2, 0) is 4.79 Å². The number of aromatic nitrogens is 2. The number of amides is 3. The van der Waals surface area contributed by atoms with E-state index in [1.54, 1.807) is 29.2 Å². The van der Waals surface area contributed by atoms with Crippen LogP contribution in [-0.4, -0.2) is 39.1 Å². The molecule has 6 rings (SSSR count). The van der Waals surface area contributed by atoms with Crippen LogP contribution in [0.25, 0.3) is 11.0 Å². The van der Waals surface area contributed by atoms with Crippen molar-refractivity contribution < 1.29 is 14.4 Å². The molecule has 37 heavy (non-hydrogen) atoms. The lowest BCUT2D eigenvalue weighted by Gasteiger charge is -2.40. The van der Waals surface area contributed by atoms with Crippen LogP contribution >= 0.6 is 0 Å². The molecule has 0 saturated heterocycles. The molecule has 3 heterocycles. The zero-order valence-corrected chi connectivity index (χ0v) is 20.6. The van der Waals surface area contributed by atoms with Crippen LogP contribution in [0.2, 0.25) is 0 Å². The molecule has 2 aliphatic heterocycles. The molecular formula is C29H27N5O3. The standard InChI is InChI=1S/C29H27N5O3/c1-3-17(2)25(26-30-21-13-7-8-14-22(21)31-26)32-24(35)16-33-27-18-10-4-5-11-19(18)29(37)34(27)23-15-9-6-12-20(23)28(33)36/h4-15,17,25,27H,3,16H2,1-2H3,(H,30,31)(H,32,35). The molecule has 8 nitrogen and oxygen atoms in total. The maximum absolute atomic E-state index is 13.7. The van der Waals surface area contributed by atoms with Crippen LogP contribution in [0.5, 0.6) is 0 Å². The number of imidazole rings is 1. The maximum atomic E-state index is 13.7. The summed E-state index contributed by atoms with van der Waals surface area (Å²) in [5, 5.41) is 3.12. The SMILES string of the molecule is CCC(C)C(NC(=O)CN1C(=O)c2ccccc2N2C(=O)c3ccccc3C12)c1nc2ccccc2[nH]1. The molecule has 1 aromatic heterocycles. The predicted molar refractivity (Wildman–Crippen MR) is 140 cm³/mol. The molecule has 186 valence electrons. The Hall–Kier alpha value is -4.46. The largest absolute Gasteiger partial charge is 0.344 e. The minimum Gasteiger partial charge on any atom is -0.344 e. The van der Waals surface area contributed by atoms with Crippen molar-refractivity contribution in [3.8, 4) is 0 Å². The Kier molecular flexibility index (Phi) is 5.52. The lowest BCUT2D eigenvalue weighted by Crippen LogP contribution is -2.52. The van der Waals surface area contributed by atoms with Crippen LogP contribution in [0.3, 0.4) is 0 Å². The first kappa shape index (κ1) is 23.0. The number of hydrogen-bond acceptors (Lipinski definition) is 4. The van der Waals surface area contributed by atoms with Crippen LogP contribution in [0.1, 0.15) is 64.6 Å². The van der Waals surface area contributed by atoms with Gasteiger partial charge in [-0.2, -0.15) is 0 Å². The van der Waals surface area contributed by atoms with Gasteiger partial charge in [0.15, 0.2) is 0 Å². The molecule has 0 fully saturated rings. The van der Waals surface area contributed by atoms with Crippen molar-refractivity contribution in [1.82, 2.24) is 20.2 Å². The van der Waals surface area contributed by atoms with Crippen molar-refractivity contribution in [1.29, 1.82) is 0 Å². The van der Waals surface area contributed by atoms with Gasteiger partial charge in [-0.1, -0.05) is 62.7 Å². The lowest BCUT2D eigenvalue weighted by molar-refractivity contribution is -0.123. The average Bonchev–Trinajstić information content (AvgIpc) is 3.48. The summed E-state index contributed by atoms with van der Waals surface area (Å²) in [7, 11) is 0. The average molecular weight is 494 g/mol. The van der Waals surface area contributed by atoms with Gasteiger partial charge in [0.25, 0.3) is 11.8 Å². The minimum atomic E-state index is -0.676. The molecule has 0 bridgehead atoms. The number of rotatable bonds is 6. The van der Waals surface area contributed by atoms with Crippen molar-refractivity contribution in [2.45, 2.75) is 32.5 Å². The molecule has 3 atom stereocenters. The second-order valence-electron chi connectivity index (χ2n) is 9.66. The quantitative estimate of drug-likeness (QED) is 0.411. The second-order valence-corrected chi connectivity index (χ2v) is 9.66. The summed E-state index contributed by atoms with van der Waals surface area (Å²) in [6.45, 7) is 3.94. The molecule has 4 aromatic rings. The highest BCUT2D eigenvalue weighted by molar-refractivity contribution is 6.17. The van der Waals surface area contributed by atoms with Gasteiger partial charge in [0, 0.05) is 11.1 Å². The number of carbonyl (C=O) groups is 3. The van der Waals surface area contributed by atoms with E-state index in [1.165, 1.54) is 4.90 Å². The first-order valence-electron chi connectivity index (χ1n) is 12.5. The number of nitrogens with zero attached hydrogens (tertiary/aromatic N) is 3. The van der Waals surface area contributed by atoms with Crippen LogP contribution in [0, 0.1) is 5.92 Å². The minimum absolute atomic E-state index is 0.104. The van der Waals surface area contributed by atoms with E-state index in [0.717, 1.165) is 23.0 Å². The van der Waals surface area contributed by atoms with Gasteiger partial charge in [-0.25, -0.2) is 4.98 Å². The smallest absolute Gasteiger partial charge is 0.260 e. The highest BCUT2D eigenvalue weighted by atomic mass is 16.2. The molecule has 2 aliphatic rings. The number of aromatic amines is 1. The van der Waals surface area contributed by atoms with Gasteiger partial charge >= 0.3 is 0 Å². The van der Waals surface area contributed by atoms with Gasteiger partial charge < -0.3 is 15.2 Å². The summed E-state index contributed by atoms with van der Waals surface area (Å²) in [6.07, 6.45) is 0.154. The van der Waals surface area contributed by atoms with E-state index in [-0.39, 0.29) is 36.2 Å². The summed E-state index contributed by atoms with van der Waals surface area (Å²) in [6, 6.07) is 21.7. The van der Waals surface area contributed by atoms with Crippen molar-refractivity contribution >= 4 is 34.4 Å². The molecule has 0 radical (unpaired) electrons. The maximum Gasteiger partial charge on any atom is 0.260 e. The highest BCUT2D eigenvalue weighted by Gasteiger charge is 2.48. The normalized spacial score (nSPS) is 17.8. The van der Waals surface area contributed by atoms with E-state index >= 15 is 0 Å². The topological polar surface area (TPSA) is 98.4 Å². The van der Waals surface area contributed by atoms with Gasteiger partial charge in [0.1, 0.15) is 18.5 Å². The highest BCUT2D eigenvalue weighted by Crippen LogP contribution is 2.45. The Bertz CT molecular complexity index is 1510. The number of benzene rings is 3. The van der Waals surface area contributed by atoms with E-state index in [0.29, 0.717) is 22.6 Å². The second kappa shape index (κ2) is 8.89. The molecule has 0 aliphatic carbocycles. The molecule has 8 heteroatoms. The molecular weight excluding hydrogens is 466 g/mol. The molecule has 3 unspecified atom stereocenters. The Morgan fingerprint density at radius 1 is 0.973 bits per heavy atom.